The third-order valence-electron chi connectivity index (χ3n) is 2.69. The zero-order chi connectivity index (χ0) is 13.1. The Bertz CT molecular complexity index is 505. The van der Waals surface area contributed by atoms with Crippen LogP contribution in [0, 0.1) is 19.7 Å². The lowest BCUT2D eigenvalue weighted by Crippen LogP contribution is -2.12. The Morgan fingerprint density at radius 2 is 2.00 bits per heavy atom. The van der Waals surface area contributed by atoms with Crippen LogP contribution >= 0.6 is 11.8 Å². The minimum Gasteiger partial charge on any atom is -0.437 e. The van der Waals surface area contributed by atoms with Crippen LogP contribution in [0.5, 0.6) is 0 Å². The molecule has 1 aromatic carbocycles. The Balaban J connectivity index is 1.95. The molecule has 0 bridgehead atoms. The Labute approximate surface area is 110 Å². The molecule has 1 atom stereocenters. The molecular weight excluding hydrogens is 251 g/mol. The van der Waals surface area contributed by atoms with Gasteiger partial charge in [0.15, 0.2) is 0 Å². The van der Waals surface area contributed by atoms with Gasteiger partial charge in [-0.15, -0.1) is 0 Å². The number of aryl methyl sites for hydroxylation is 2. The van der Waals surface area contributed by atoms with E-state index in [1.165, 1.54) is 23.9 Å². The molecule has 3 nitrogen and oxygen atoms in total. The number of aromatic nitrogens is 1. The first kappa shape index (κ1) is 13.1. The van der Waals surface area contributed by atoms with Gasteiger partial charge < -0.3 is 10.2 Å². The monoisotopic (exact) mass is 266 g/mol. The molecule has 2 rings (SSSR count). The molecule has 0 saturated carbocycles. The molecule has 2 N–H and O–H groups in total. The molecular formula is C13H15FN2OS. The molecule has 0 aliphatic rings. The van der Waals surface area contributed by atoms with Crippen molar-refractivity contribution in [1.29, 1.82) is 0 Å². The van der Waals surface area contributed by atoms with E-state index in [0.717, 1.165) is 17.0 Å². The maximum Gasteiger partial charge on any atom is 0.256 e. The van der Waals surface area contributed by atoms with E-state index in [1.807, 2.05) is 13.8 Å². The molecule has 1 unspecified atom stereocenters. The van der Waals surface area contributed by atoms with E-state index < -0.39 is 0 Å². The van der Waals surface area contributed by atoms with E-state index in [4.69, 9.17) is 10.2 Å². The number of oxazole rings is 1. The van der Waals surface area contributed by atoms with Crippen molar-refractivity contribution in [2.24, 2.45) is 5.73 Å². The normalized spacial score (nSPS) is 12.7. The first-order valence-corrected chi connectivity index (χ1v) is 6.62. The van der Waals surface area contributed by atoms with Gasteiger partial charge >= 0.3 is 0 Å². The largest absolute Gasteiger partial charge is 0.437 e. The van der Waals surface area contributed by atoms with Gasteiger partial charge in [-0.3, -0.25) is 0 Å². The average molecular weight is 266 g/mol. The lowest BCUT2D eigenvalue weighted by molar-refractivity contribution is 0.431. The summed E-state index contributed by atoms with van der Waals surface area (Å²) in [4.78, 5) is 4.27. The molecule has 2 aromatic rings. The highest BCUT2D eigenvalue weighted by Gasteiger charge is 2.11. The fourth-order valence-electron chi connectivity index (χ4n) is 1.47. The van der Waals surface area contributed by atoms with Crippen molar-refractivity contribution < 1.29 is 8.81 Å². The first-order chi connectivity index (χ1) is 8.56. The number of nitrogens with zero attached hydrogens (tertiary/aromatic N) is 1. The predicted octanol–water partition coefficient (Wildman–Crippen LogP) is 3.22. The lowest BCUT2D eigenvalue weighted by atomic mass is 10.1. The van der Waals surface area contributed by atoms with Crippen molar-refractivity contribution in [1.82, 2.24) is 4.98 Å². The second-order valence-electron chi connectivity index (χ2n) is 4.09. The van der Waals surface area contributed by atoms with Crippen LogP contribution in [0.4, 0.5) is 4.39 Å². The van der Waals surface area contributed by atoms with Gasteiger partial charge in [0, 0.05) is 11.8 Å². The third kappa shape index (κ3) is 3.11. The summed E-state index contributed by atoms with van der Waals surface area (Å²) in [5.74, 6) is 1.22. The molecule has 96 valence electrons. The molecule has 0 spiro atoms. The Morgan fingerprint density at radius 3 is 2.56 bits per heavy atom. The maximum absolute atomic E-state index is 12.8. The van der Waals surface area contributed by atoms with Crippen molar-refractivity contribution in [2.75, 3.05) is 5.75 Å². The van der Waals surface area contributed by atoms with Crippen molar-refractivity contribution in [2.45, 2.75) is 25.1 Å². The highest BCUT2D eigenvalue weighted by Crippen LogP contribution is 2.24. The van der Waals surface area contributed by atoms with Gasteiger partial charge in [0.1, 0.15) is 11.6 Å². The Hall–Kier alpha value is -1.33. The van der Waals surface area contributed by atoms with Crippen LogP contribution in [-0.2, 0) is 0 Å². The van der Waals surface area contributed by atoms with E-state index in [0.29, 0.717) is 11.0 Å². The number of hydrogen-bond donors (Lipinski definition) is 1. The molecule has 5 heteroatoms. The van der Waals surface area contributed by atoms with Crippen LogP contribution in [0.1, 0.15) is 23.1 Å². The quantitative estimate of drug-likeness (QED) is 0.863. The van der Waals surface area contributed by atoms with Crippen LogP contribution in [0.2, 0.25) is 0 Å². The molecule has 0 amide bonds. The highest BCUT2D eigenvalue weighted by atomic mass is 32.2. The van der Waals surface area contributed by atoms with Gasteiger partial charge in [-0.1, -0.05) is 23.9 Å². The first-order valence-electron chi connectivity index (χ1n) is 5.64. The number of benzene rings is 1. The van der Waals surface area contributed by atoms with Crippen LogP contribution < -0.4 is 5.73 Å². The van der Waals surface area contributed by atoms with E-state index >= 15 is 0 Å². The van der Waals surface area contributed by atoms with Crippen LogP contribution in [-0.4, -0.2) is 10.7 Å². The summed E-state index contributed by atoms with van der Waals surface area (Å²) < 4.78 is 18.2. The molecule has 18 heavy (non-hydrogen) atoms. The number of rotatable bonds is 4. The molecule has 0 aliphatic carbocycles. The molecule has 0 aliphatic heterocycles. The molecule has 0 fully saturated rings. The van der Waals surface area contributed by atoms with E-state index in [1.54, 1.807) is 12.1 Å². The fraction of sp³-hybridized carbons (Fsp3) is 0.308. The second kappa shape index (κ2) is 5.54. The number of halogens is 1. The summed E-state index contributed by atoms with van der Waals surface area (Å²) in [6.07, 6.45) is 0. The Kier molecular flexibility index (Phi) is 4.04. The summed E-state index contributed by atoms with van der Waals surface area (Å²) in [6, 6.07) is 6.07. The van der Waals surface area contributed by atoms with Gasteiger partial charge in [0.05, 0.1) is 5.69 Å². The molecule has 1 aromatic heterocycles. The van der Waals surface area contributed by atoms with E-state index in [2.05, 4.69) is 4.98 Å². The minimum absolute atomic E-state index is 0.164. The van der Waals surface area contributed by atoms with Gasteiger partial charge in [0.25, 0.3) is 5.22 Å². The van der Waals surface area contributed by atoms with Crippen molar-refractivity contribution in [3.8, 4) is 0 Å². The third-order valence-corrected chi connectivity index (χ3v) is 3.64. The van der Waals surface area contributed by atoms with Crippen molar-refractivity contribution in [3.63, 3.8) is 0 Å². The fourth-order valence-corrected chi connectivity index (χ4v) is 2.37. The Morgan fingerprint density at radius 1 is 1.33 bits per heavy atom. The van der Waals surface area contributed by atoms with E-state index in [-0.39, 0.29) is 11.9 Å². The summed E-state index contributed by atoms with van der Waals surface area (Å²) in [7, 11) is 0. The van der Waals surface area contributed by atoms with Crippen LogP contribution in [0.25, 0.3) is 0 Å². The van der Waals surface area contributed by atoms with Gasteiger partial charge in [-0.05, 0) is 31.5 Å². The average Bonchev–Trinajstić information content (AvgIpc) is 2.67. The molecule has 0 radical (unpaired) electrons. The topological polar surface area (TPSA) is 52.0 Å². The SMILES string of the molecule is Cc1nc(SCC(N)c2ccc(F)cc2)oc1C. The van der Waals surface area contributed by atoms with Gasteiger partial charge in [0.2, 0.25) is 0 Å². The highest BCUT2D eigenvalue weighted by molar-refractivity contribution is 7.99. The van der Waals surface area contributed by atoms with Crippen molar-refractivity contribution >= 4 is 11.8 Å². The molecule has 0 saturated heterocycles. The van der Waals surface area contributed by atoms with Crippen LogP contribution in [0.3, 0.4) is 0 Å². The van der Waals surface area contributed by atoms with E-state index in [9.17, 15) is 4.39 Å². The standard InChI is InChI=1S/C13H15FN2OS/c1-8-9(2)17-13(16-8)18-7-12(15)10-3-5-11(14)6-4-10/h3-6,12H,7,15H2,1-2H3. The number of thioether (sulfide) groups is 1. The zero-order valence-electron chi connectivity index (χ0n) is 10.3. The van der Waals surface area contributed by atoms with Crippen molar-refractivity contribution in [3.05, 3.63) is 47.1 Å². The second-order valence-corrected chi connectivity index (χ2v) is 5.06. The summed E-state index contributed by atoms with van der Waals surface area (Å²) in [6.45, 7) is 3.79. The summed E-state index contributed by atoms with van der Waals surface area (Å²) in [5.41, 5.74) is 7.83. The number of hydrogen-bond acceptors (Lipinski definition) is 4. The lowest BCUT2D eigenvalue weighted by Gasteiger charge is -2.09. The van der Waals surface area contributed by atoms with Gasteiger partial charge in [-0.2, -0.15) is 0 Å². The van der Waals surface area contributed by atoms with Gasteiger partial charge in [-0.25, -0.2) is 9.37 Å². The summed E-state index contributed by atoms with van der Waals surface area (Å²) >= 11 is 1.47. The van der Waals surface area contributed by atoms with Crippen LogP contribution in [0.15, 0.2) is 33.9 Å². The minimum atomic E-state index is -0.252. The number of nitrogens with two attached hydrogens (primary N) is 1. The summed E-state index contributed by atoms with van der Waals surface area (Å²) in [5, 5.41) is 0.627. The predicted molar refractivity (Wildman–Crippen MR) is 70.0 cm³/mol. The smallest absolute Gasteiger partial charge is 0.256 e. The molecule has 1 heterocycles. The zero-order valence-corrected chi connectivity index (χ0v) is 11.1. The maximum atomic E-state index is 12.8.